The molecule has 1 aliphatic rings. The number of nitrogens with zero attached hydrogens (tertiary/aromatic N) is 2. The molecule has 1 fully saturated rings. The van der Waals surface area contributed by atoms with E-state index in [1.165, 1.54) is 78.9 Å². The molecule has 1 saturated heterocycles. The summed E-state index contributed by atoms with van der Waals surface area (Å²) in [6, 6.07) is 7.09. The molecule has 30 heavy (non-hydrogen) atoms. The molecule has 0 N–H and O–H groups in total. The molecular formula is C28H42N2. The third-order valence-electron chi connectivity index (χ3n) is 7.28. The van der Waals surface area contributed by atoms with Crippen LogP contribution < -0.4 is 0 Å². The molecule has 2 aromatic rings. The number of piperazine rings is 1. The van der Waals surface area contributed by atoms with Crippen molar-refractivity contribution in [2.75, 3.05) is 39.8 Å². The zero-order chi connectivity index (χ0) is 21.8. The van der Waals surface area contributed by atoms with Crippen LogP contribution in [-0.2, 0) is 19.3 Å². The first-order valence-electron chi connectivity index (χ1n) is 11.8. The van der Waals surface area contributed by atoms with E-state index < -0.39 is 0 Å². The lowest BCUT2D eigenvalue weighted by Gasteiger charge is -2.32. The van der Waals surface area contributed by atoms with Crippen molar-refractivity contribution in [3.8, 4) is 0 Å². The smallest absolute Gasteiger partial charge is 0.0110 e. The fourth-order valence-electron chi connectivity index (χ4n) is 5.31. The van der Waals surface area contributed by atoms with Gasteiger partial charge in [-0.1, -0.05) is 23.8 Å². The van der Waals surface area contributed by atoms with Crippen LogP contribution in [0.1, 0.15) is 56.5 Å². The first-order chi connectivity index (χ1) is 14.3. The number of hydrogen-bond donors (Lipinski definition) is 0. The number of rotatable bonds is 7. The van der Waals surface area contributed by atoms with E-state index in [2.05, 4.69) is 76.6 Å². The first kappa shape index (κ1) is 23.0. The zero-order valence-electron chi connectivity index (χ0n) is 20.5. The van der Waals surface area contributed by atoms with Crippen molar-refractivity contribution in [3.05, 3.63) is 68.3 Å². The molecule has 0 aliphatic carbocycles. The lowest BCUT2D eigenvalue weighted by Crippen LogP contribution is -2.44. The average molecular weight is 407 g/mol. The summed E-state index contributed by atoms with van der Waals surface area (Å²) in [4.78, 5) is 5.09. The lowest BCUT2D eigenvalue weighted by molar-refractivity contribution is 0.153. The van der Waals surface area contributed by atoms with E-state index in [1.54, 1.807) is 16.7 Å². The van der Waals surface area contributed by atoms with Crippen LogP contribution in [0.15, 0.2) is 18.2 Å². The SMILES string of the molecule is Cc1cc(C)c(CCc2c(C)cc(C)c(C)c2CCCN2CCN(C)CC2)c(C)c1. The summed E-state index contributed by atoms with van der Waals surface area (Å²) in [6.45, 7) is 19.8. The van der Waals surface area contributed by atoms with Crippen LogP contribution in [-0.4, -0.2) is 49.6 Å². The Labute approximate surface area is 185 Å². The third kappa shape index (κ3) is 5.53. The molecule has 1 aliphatic heterocycles. The molecule has 0 saturated carbocycles. The van der Waals surface area contributed by atoms with Gasteiger partial charge in [-0.3, -0.25) is 0 Å². The Kier molecular flexibility index (Phi) is 7.76. The van der Waals surface area contributed by atoms with Gasteiger partial charge in [0.05, 0.1) is 0 Å². The van der Waals surface area contributed by atoms with Gasteiger partial charge in [0.15, 0.2) is 0 Å². The average Bonchev–Trinajstić information content (AvgIpc) is 2.68. The highest BCUT2D eigenvalue weighted by molar-refractivity contribution is 5.46. The van der Waals surface area contributed by atoms with E-state index in [4.69, 9.17) is 0 Å². The number of benzene rings is 2. The van der Waals surface area contributed by atoms with Gasteiger partial charge in [-0.2, -0.15) is 0 Å². The van der Waals surface area contributed by atoms with Crippen LogP contribution in [0.3, 0.4) is 0 Å². The summed E-state index contributed by atoms with van der Waals surface area (Å²) in [5.41, 5.74) is 13.5. The van der Waals surface area contributed by atoms with Gasteiger partial charge in [-0.05, 0) is 125 Å². The van der Waals surface area contributed by atoms with Crippen molar-refractivity contribution in [1.29, 1.82) is 0 Å². The Morgan fingerprint density at radius 2 is 1.20 bits per heavy atom. The van der Waals surface area contributed by atoms with Crippen LogP contribution in [0.5, 0.6) is 0 Å². The van der Waals surface area contributed by atoms with E-state index in [0.29, 0.717) is 0 Å². The van der Waals surface area contributed by atoms with Crippen molar-refractivity contribution >= 4 is 0 Å². The monoisotopic (exact) mass is 406 g/mol. The molecular weight excluding hydrogens is 364 g/mol. The zero-order valence-corrected chi connectivity index (χ0v) is 20.5. The highest BCUT2D eigenvalue weighted by Crippen LogP contribution is 2.27. The highest BCUT2D eigenvalue weighted by Gasteiger charge is 2.16. The second kappa shape index (κ2) is 10.1. The standard InChI is InChI=1S/C28H42N2/c1-20-17-22(3)26(23(4)18-20)10-11-27-24(5)19-21(2)25(6)28(27)9-8-12-30-15-13-29(7)14-16-30/h17-19H,8-16H2,1-7H3. The molecule has 1 heterocycles. The molecule has 2 nitrogen and oxygen atoms in total. The molecule has 0 unspecified atom stereocenters. The molecule has 2 heteroatoms. The quantitative estimate of drug-likeness (QED) is 0.599. The molecule has 164 valence electrons. The molecule has 0 bridgehead atoms. The Hall–Kier alpha value is -1.64. The second-order valence-corrected chi connectivity index (χ2v) is 9.72. The fraction of sp³-hybridized carbons (Fsp3) is 0.571. The van der Waals surface area contributed by atoms with Gasteiger partial charge in [0.25, 0.3) is 0 Å². The summed E-state index contributed by atoms with van der Waals surface area (Å²) in [6.07, 6.45) is 4.78. The maximum atomic E-state index is 2.65. The van der Waals surface area contributed by atoms with Crippen LogP contribution in [0.4, 0.5) is 0 Å². The Morgan fingerprint density at radius 3 is 1.83 bits per heavy atom. The molecule has 0 atom stereocenters. The topological polar surface area (TPSA) is 6.48 Å². The summed E-state index contributed by atoms with van der Waals surface area (Å²) < 4.78 is 0. The van der Waals surface area contributed by atoms with Crippen molar-refractivity contribution in [2.45, 2.75) is 67.2 Å². The van der Waals surface area contributed by atoms with E-state index in [1.807, 2.05) is 0 Å². The van der Waals surface area contributed by atoms with Gasteiger partial charge in [-0.25, -0.2) is 0 Å². The van der Waals surface area contributed by atoms with E-state index >= 15 is 0 Å². The van der Waals surface area contributed by atoms with Crippen molar-refractivity contribution < 1.29 is 0 Å². The summed E-state index contributed by atoms with van der Waals surface area (Å²) in [7, 11) is 2.24. The van der Waals surface area contributed by atoms with E-state index in [9.17, 15) is 0 Å². The minimum atomic E-state index is 1.15. The fourth-order valence-corrected chi connectivity index (χ4v) is 5.31. The van der Waals surface area contributed by atoms with Gasteiger partial charge < -0.3 is 9.80 Å². The van der Waals surface area contributed by atoms with Crippen molar-refractivity contribution in [1.82, 2.24) is 9.80 Å². The van der Waals surface area contributed by atoms with Gasteiger partial charge in [0, 0.05) is 26.2 Å². The molecule has 3 rings (SSSR count). The van der Waals surface area contributed by atoms with Crippen LogP contribution in [0.25, 0.3) is 0 Å². The lowest BCUT2D eigenvalue weighted by atomic mass is 9.86. The van der Waals surface area contributed by atoms with Gasteiger partial charge in [0.1, 0.15) is 0 Å². The predicted molar refractivity (Wildman–Crippen MR) is 131 cm³/mol. The molecule has 0 radical (unpaired) electrons. The molecule has 2 aromatic carbocycles. The Balaban J connectivity index is 1.73. The van der Waals surface area contributed by atoms with Gasteiger partial charge in [0.2, 0.25) is 0 Å². The first-order valence-corrected chi connectivity index (χ1v) is 11.8. The third-order valence-corrected chi connectivity index (χ3v) is 7.28. The van der Waals surface area contributed by atoms with Crippen molar-refractivity contribution in [3.63, 3.8) is 0 Å². The number of likely N-dealkylation sites (N-methyl/N-ethyl adjacent to an activating group) is 1. The summed E-state index contributed by atoms with van der Waals surface area (Å²) in [5, 5.41) is 0. The van der Waals surface area contributed by atoms with Crippen LogP contribution in [0, 0.1) is 41.5 Å². The number of hydrogen-bond acceptors (Lipinski definition) is 2. The van der Waals surface area contributed by atoms with E-state index in [0.717, 1.165) is 12.8 Å². The minimum absolute atomic E-state index is 1.15. The minimum Gasteiger partial charge on any atom is -0.304 e. The van der Waals surface area contributed by atoms with Crippen LogP contribution >= 0.6 is 0 Å². The second-order valence-electron chi connectivity index (χ2n) is 9.72. The summed E-state index contributed by atoms with van der Waals surface area (Å²) >= 11 is 0. The molecule has 0 spiro atoms. The largest absolute Gasteiger partial charge is 0.304 e. The highest BCUT2D eigenvalue weighted by atomic mass is 15.2. The summed E-state index contributed by atoms with van der Waals surface area (Å²) in [5.74, 6) is 0. The molecule has 0 aromatic heterocycles. The van der Waals surface area contributed by atoms with Gasteiger partial charge >= 0.3 is 0 Å². The normalized spacial score (nSPS) is 15.7. The number of aryl methyl sites for hydroxylation is 5. The Morgan fingerprint density at radius 1 is 0.633 bits per heavy atom. The predicted octanol–water partition coefficient (Wildman–Crippen LogP) is 5.50. The van der Waals surface area contributed by atoms with Crippen molar-refractivity contribution in [2.24, 2.45) is 0 Å². The molecule has 0 amide bonds. The van der Waals surface area contributed by atoms with Crippen LogP contribution in [0.2, 0.25) is 0 Å². The van der Waals surface area contributed by atoms with Gasteiger partial charge in [-0.15, -0.1) is 0 Å². The Bertz CT molecular complexity index is 850. The maximum Gasteiger partial charge on any atom is 0.0110 e. The van der Waals surface area contributed by atoms with E-state index in [-0.39, 0.29) is 0 Å². The maximum absolute atomic E-state index is 2.65.